The predicted octanol–water partition coefficient (Wildman–Crippen LogP) is 2.99. The van der Waals surface area contributed by atoms with E-state index in [9.17, 15) is 9.90 Å². The van der Waals surface area contributed by atoms with Crippen molar-refractivity contribution in [2.75, 3.05) is 6.61 Å². The summed E-state index contributed by atoms with van der Waals surface area (Å²) in [5, 5.41) is 14.3. The molecule has 100 valence electrons. The van der Waals surface area contributed by atoms with Crippen molar-refractivity contribution in [1.82, 2.24) is 5.32 Å². The number of amides is 1. The molecule has 1 heterocycles. The number of carbonyl (C=O) groups excluding carboxylic acids is 1. The van der Waals surface area contributed by atoms with Crippen LogP contribution in [0, 0.1) is 2.88 Å². The van der Waals surface area contributed by atoms with E-state index in [4.69, 9.17) is 0 Å². The first-order valence-electron chi connectivity index (χ1n) is 5.78. The van der Waals surface area contributed by atoms with E-state index in [0.717, 1.165) is 8.45 Å². The van der Waals surface area contributed by atoms with Gasteiger partial charge in [0, 0.05) is 5.38 Å². The van der Waals surface area contributed by atoms with Crippen LogP contribution in [0.3, 0.4) is 0 Å². The number of hydrogen-bond acceptors (Lipinski definition) is 3. The maximum atomic E-state index is 12.2. The molecule has 0 fully saturated rings. The molecule has 0 saturated carbocycles. The van der Waals surface area contributed by atoms with Crippen molar-refractivity contribution in [1.29, 1.82) is 0 Å². The first-order valence-corrected chi connectivity index (χ1v) is 7.74. The second-order valence-corrected chi connectivity index (χ2v) is 7.26. The zero-order valence-corrected chi connectivity index (χ0v) is 13.4. The highest BCUT2D eigenvalue weighted by molar-refractivity contribution is 14.1. The molecule has 0 bridgehead atoms. The highest BCUT2D eigenvalue weighted by Crippen LogP contribution is 2.22. The minimum atomic E-state index is -0.772. The van der Waals surface area contributed by atoms with Crippen molar-refractivity contribution in [3.63, 3.8) is 0 Å². The molecule has 2 N–H and O–H groups in total. The zero-order valence-electron chi connectivity index (χ0n) is 10.4. The number of halogens is 1. The third kappa shape index (κ3) is 3.34. The smallest absolute Gasteiger partial charge is 0.252 e. The molecule has 2 aromatic rings. The molecule has 0 aliphatic rings. The minimum absolute atomic E-state index is 0.149. The highest BCUT2D eigenvalue weighted by atomic mass is 127. The van der Waals surface area contributed by atoms with Crippen LogP contribution in [0.25, 0.3) is 0 Å². The van der Waals surface area contributed by atoms with E-state index in [1.807, 2.05) is 48.7 Å². The lowest BCUT2D eigenvalue weighted by Gasteiger charge is -2.29. The van der Waals surface area contributed by atoms with Crippen molar-refractivity contribution in [3.05, 3.63) is 55.8 Å². The predicted molar refractivity (Wildman–Crippen MR) is 85.4 cm³/mol. The minimum Gasteiger partial charge on any atom is -0.394 e. The van der Waals surface area contributed by atoms with Gasteiger partial charge in [-0.15, -0.1) is 11.3 Å². The Morgan fingerprint density at radius 3 is 2.63 bits per heavy atom. The van der Waals surface area contributed by atoms with E-state index in [1.54, 1.807) is 0 Å². The van der Waals surface area contributed by atoms with Crippen LogP contribution in [-0.2, 0) is 5.54 Å². The summed E-state index contributed by atoms with van der Waals surface area (Å²) >= 11 is 3.71. The molecule has 1 unspecified atom stereocenters. The molecule has 1 amide bonds. The van der Waals surface area contributed by atoms with Gasteiger partial charge in [-0.3, -0.25) is 4.79 Å². The first kappa shape index (κ1) is 14.5. The van der Waals surface area contributed by atoms with E-state index in [1.165, 1.54) is 11.3 Å². The Kier molecular flexibility index (Phi) is 4.59. The van der Waals surface area contributed by atoms with E-state index in [-0.39, 0.29) is 12.5 Å². The zero-order chi connectivity index (χ0) is 13.9. The van der Waals surface area contributed by atoms with Crippen LogP contribution in [0.2, 0.25) is 0 Å². The van der Waals surface area contributed by atoms with Gasteiger partial charge < -0.3 is 10.4 Å². The van der Waals surface area contributed by atoms with Crippen LogP contribution < -0.4 is 5.32 Å². The first-order chi connectivity index (χ1) is 9.05. The monoisotopic (exact) mass is 387 g/mol. The second-order valence-electron chi connectivity index (χ2n) is 4.45. The van der Waals surface area contributed by atoms with Gasteiger partial charge in [0.05, 0.1) is 20.6 Å². The number of hydrogen-bond donors (Lipinski definition) is 2. The lowest BCUT2D eigenvalue weighted by molar-refractivity contribution is 0.0850. The molecule has 0 spiro atoms. The SMILES string of the molecule is CC(CO)(NC(=O)c1csc(I)c1)c1ccccc1. The lowest BCUT2D eigenvalue weighted by Crippen LogP contribution is -2.46. The molecule has 3 nitrogen and oxygen atoms in total. The lowest BCUT2D eigenvalue weighted by atomic mass is 9.92. The largest absolute Gasteiger partial charge is 0.394 e. The Balaban J connectivity index is 2.22. The third-order valence-corrected chi connectivity index (χ3v) is 4.74. The van der Waals surface area contributed by atoms with E-state index in [2.05, 4.69) is 27.9 Å². The summed E-state index contributed by atoms with van der Waals surface area (Å²) in [6.45, 7) is 1.67. The number of carbonyl (C=O) groups is 1. The second kappa shape index (κ2) is 6.02. The van der Waals surface area contributed by atoms with Crippen molar-refractivity contribution in [3.8, 4) is 0 Å². The maximum absolute atomic E-state index is 12.2. The van der Waals surface area contributed by atoms with Crippen LogP contribution in [0.1, 0.15) is 22.8 Å². The van der Waals surface area contributed by atoms with Crippen LogP contribution in [0.15, 0.2) is 41.8 Å². The molecule has 1 aromatic carbocycles. The average Bonchev–Trinajstić information content (AvgIpc) is 2.86. The van der Waals surface area contributed by atoms with Gasteiger partial charge >= 0.3 is 0 Å². The molecule has 0 aliphatic heterocycles. The summed E-state index contributed by atoms with van der Waals surface area (Å²) in [5.41, 5.74) is 0.743. The number of thiophene rings is 1. The van der Waals surface area contributed by atoms with Crippen molar-refractivity contribution < 1.29 is 9.90 Å². The molecular formula is C14H14INO2S. The van der Waals surface area contributed by atoms with Crippen molar-refractivity contribution >= 4 is 39.8 Å². The van der Waals surface area contributed by atoms with Crippen LogP contribution >= 0.6 is 33.9 Å². The highest BCUT2D eigenvalue weighted by Gasteiger charge is 2.28. The Morgan fingerprint density at radius 2 is 2.11 bits per heavy atom. The summed E-state index contributed by atoms with van der Waals surface area (Å²) in [6, 6.07) is 11.3. The fourth-order valence-electron chi connectivity index (χ4n) is 1.76. The van der Waals surface area contributed by atoms with Crippen LogP contribution in [-0.4, -0.2) is 17.6 Å². The summed E-state index contributed by atoms with van der Waals surface area (Å²) in [7, 11) is 0. The molecule has 19 heavy (non-hydrogen) atoms. The molecule has 2 rings (SSSR count). The standard InChI is InChI=1S/C14H14INO2S/c1-14(9-17,11-5-3-2-4-6-11)16-13(18)10-7-12(15)19-8-10/h2-8,17H,9H2,1H3,(H,16,18). The van der Waals surface area contributed by atoms with Crippen molar-refractivity contribution in [2.24, 2.45) is 0 Å². The number of aliphatic hydroxyl groups is 1. The average molecular weight is 387 g/mol. The van der Waals surface area contributed by atoms with Gasteiger partial charge in [0.25, 0.3) is 5.91 Å². The number of nitrogens with one attached hydrogen (secondary N) is 1. The number of rotatable bonds is 4. The molecular weight excluding hydrogens is 373 g/mol. The Morgan fingerprint density at radius 1 is 1.42 bits per heavy atom. The number of benzene rings is 1. The quantitative estimate of drug-likeness (QED) is 0.793. The summed E-state index contributed by atoms with van der Waals surface area (Å²) in [5.74, 6) is -0.167. The molecule has 0 aliphatic carbocycles. The van der Waals surface area contributed by atoms with Gasteiger partial charge in [-0.25, -0.2) is 0 Å². The molecule has 1 aromatic heterocycles. The van der Waals surface area contributed by atoms with Crippen LogP contribution in [0.4, 0.5) is 0 Å². The van der Waals surface area contributed by atoms with E-state index in [0.29, 0.717) is 5.56 Å². The Labute approximate surface area is 129 Å². The van der Waals surface area contributed by atoms with E-state index < -0.39 is 5.54 Å². The Bertz CT molecular complexity index is 570. The molecule has 5 heteroatoms. The van der Waals surface area contributed by atoms with Gasteiger partial charge in [0.2, 0.25) is 0 Å². The third-order valence-electron chi connectivity index (χ3n) is 2.95. The molecule has 1 atom stereocenters. The molecule has 0 radical (unpaired) electrons. The van der Waals surface area contributed by atoms with Crippen molar-refractivity contribution in [2.45, 2.75) is 12.5 Å². The van der Waals surface area contributed by atoms with Crippen LogP contribution in [0.5, 0.6) is 0 Å². The maximum Gasteiger partial charge on any atom is 0.252 e. The number of aliphatic hydroxyl groups excluding tert-OH is 1. The van der Waals surface area contributed by atoms with E-state index >= 15 is 0 Å². The summed E-state index contributed by atoms with van der Waals surface area (Å²) in [4.78, 5) is 12.2. The normalized spacial score (nSPS) is 13.8. The summed E-state index contributed by atoms with van der Waals surface area (Å²) in [6.07, 6.45) is 0. The summed E-state index contributed by atoms with van der Waals surface area (Å²) < 4.78 is 1.06. The van der Waals surface area contributed by atoms with Gasteiger partial charge in [0.1, 0.15) is 0 Å². The molecule has 0 saturated heterocycles. The topological polar surface area (TPSA) is 49.3 Å². The fraction of sp³-hybridized carbons (Fsp3) is 0.214. The van der Waals surface area contributed by atoms with Gasteiger partial charge in [-0.1, -0.05) is 30.3 Å². The van der Waals surface area contributed by atoms with Gasteiger partial charge in [-0.05, 0) is 41.1 Å². The van der Waals surface area contributed by atoms with Gasteiger partial charge in [0.15, 0.2) is 0 Å². The fourth-order valence-corrected chi connectivity index (χ4v) is 3.09. The van der Waals surface area contributed by atoms with Gasteiger partial charge in [-0.2, -0.15) is 0 Å². The Hall–Kier alpha value is -0.920.